The van der Waals surface area contributed by atoms with Gasteiger partial charge in [0.15, 0.2) is 0 Å². The van der Waals surface area contributed by atoms with Gasteiger partial charge in [-0.15, -0.1) is 0 Å². The zero-order valence-electron chi connectivity index (χ0n) is 13.5. The zero-order chi connectivity index (χ0) is 16.3. The maximum atomic E-state index is 10.9. The zero-order valence-corrected chi connectivity index (χ0v) is 13.5. The van der Waals surface area contributed by atoms with Crippen molar-refractivity contribution >= 4 is 6.16 Å². The summed E-state index contributed by atoms with van der Waals surface area (Å²) in [7, 11) is 0. The Kier molecular flexibility index (Phi) is 4.55. The topological polar surface area (TPSA) is 46.5 Å². The molecule has 2 aromatic rings. The average Bonchev–Trinajstić information content (AvgIpc) is 2.45. The lowest BCUT2D eigenvalue weighted by atomic mass is 9.85. The number of benzene rings is 2. The van der Waals surface area contributed by atoms with Gasteiger partial charge in [0.05, 0.1) is 0 Å². The van der Waals surface area contributed by atoms with Crippen molar-refractivity contribution in [3.8, 4) is 16.9 Å². The molecule has 0 atom stereocenters. The number of hydrogen-bond donors (Lipinski definition) is 1. The Labute approximate surface area is 131 Å². The van der Waals surface area contributed by atoms with E-state index in [0.717, 1.165) is 23.1 Å². The predicted octanol–water partition coefficient (Wildman–Crippen LogP) is 5.27. The largest absolute Gasteiger partial charge is 0.511 e. The fraction of sp³-hybridized carbons (Fsp3) is 0.316. The lowest BCUT2D eigenvalue weighted by Gasteiger charge is -2.20. The summed E-state index contributed by atoms with van der Waals surface area (Å²) in [6.07, 6.45) is -0.478. The molecule has 0 aliphatic carbocycles. The van der Waals surface area contributed by atoms with Gasteiger partial charge in [0, 0.05) is 5.56 Å². The molecule has 22 heavy (non-hydrogen) atoms. The molecule has 0 heterocycles. The van der Waals surface area contributed by atoms with Crippen molar-refractivity contribution < 1.29 is 14.6 Å². The van der Waals surface area contributed by atoms with Gasteiger partial charge < -0.3 is 9.84 Å². The Hall–Kier alpha value is -2.29. The molecular weight excluding hydrogens is 276 g/mol. The monoisotopic (exact) mass is 298 g/mol. The van der Waals surface area contributed by atoms with Crippen molar-refractivity contribution in [1.82, 2.24) is 0 Å². The summed E-state index contributed by atoms with van der Waals surface area (Å²) in [4.78, 5) is 10.9. The molecule has 0 amide bonds. The molecule has 2 rings (SSSR count). The molecule has 0 fully saturated rings. The summed E-state index contributed by atoms with van der Waals surface area (Å²) < 4.78 is 4.96. The molecule has 0 aliphatic rings. The van der Waals surface area contributed by atoms with E-state index in [-0.39, 0.29) is 5.41 Å². The molecule has 0 spiro atoms. The normalized spacial score (nSPS) is 11.3. The van der Waals surface area contributed by atoms with Crippen LogP contribution in [0.25, 0.3) is 11.1 Å². The SMILES string of the molecule is CCc1cccc(OC(=O)O)c1-c1ccc(C(C)(C)C)cc1. The van der Waals surface area contributed by atoms with E-state index in [4.69, 9.17) is 9.84 Å². The fourth-order valence-electron chi connectivity index (χ4n) is 2.51. The Bertz CT molecular complexity index is 664. The summed E-state index contributed by atoms with van der Waals surface area (Å²) in [6, 6.07) is 13.8. The fourth-order valence-corrected chi connectivity index (χ4v) is 2.51. The Balaban J connectivity index is 2.53. The first kappa shape index (κ1) is 16.1. The van der Waals surface area contributed by atoms with Crippen LogP contribution in [0.15, 0.2) is 42.5 Å². The average molecular weight is 298 g/mol. The minimum absolute atomic E-state index is 0.0865. The first-order valence-corrected chi connectivity index (χ1v) is 7.46. The third kappa shape index (κ3) is 3.48. The van der Waals surface area contributed by atoms with Crippen LogP contribution in [0.3, 0.4) is 0 Å². The number of aryl methyl sites for hydroxylation is 1. The highest BCUT2D eigenvalue weighted by Crippen LogP contribution is 2.35. The van der Waals surface area contributed by atoms with Gasteiger partial charge in [-0.05, 0) is 34.6 Å². The van der Waals surface area contributed by atoms with Gasteiger partial charge in [-0.3, -0.25) is 0 Å². The van der Waals surface area contributed by atoms with E-state index in [9.17, 15) is 4.79 Å². The molecule has 0 radical (unpaired) electrons. The van der Waals surface area contributed by atoms with Gasteiger partial charge in [0.2, 0.25) is 0 Å². The second-order valence-corrected chi connectivity index (χ2v) is 6.34. The van der Waals surface area contributed by atoms with Crippen LogP contribution in [-0.2, 0) is 11.8 Å². The van der Waals surface area contributed by atoms with Crippen molar-refractivity contribution in [3.63, 3.8) is 0 Å². The summed E-state index contributed by atoms with van der Waals surface area (Å²) in [5.41, 5.74) is 4.23. The van der Waals surface area contributed by atoms with Crippen LogP contribution in [0.1, 0.15) is 38.8 Å². The third-order valence-corrected chi connectivity index (χ3v) is 3.73. The highest BCUT2D eigenvalue weighted by Gasteiger charge is 2.16. The lowest BCUT2D eigenvalue weighted by Crippen LogP contribution is -2.10. The molecule has 116 valence electrons. The summed E-state index contributed by atoms with van der Waals surface area (Å²) in [6.45, 7) is 8.55. The quantitative estimate of drug-likeness (QED) is 0.620. The van der Waals surface area contributed by atoms with Gasteiger partial charge in [-0.25, -0.2) is 4.79 Å². The molecule has 3 heteroatoms. The van der Waals surface area contributed by atoms with E-state index in [1.54, 1.807) is 6.07 Å². The minimum atomic E-state index is -1.29. The number of ether oxygens (including phenoxy) is 1. The van der Waals surface area contributed by atoms with Gasteiger partial charge in [-0.1, -0.05) is 64.1 Å². The summed E-state index contributed by atoms with van der Waals surface area (Å²) in [5.74, 6) is 0.385. The van der Waals surface area contributed by atoms with Crippen LogP contribution in [0.2, 0.25) is 0 Å². The molecule has 3 nitrogen and oxygen atoms in total. The number of carboxylic acid groups (broad SMARTS) is 1. The van der Waals surface area contributed by atoms with E-state index in [1.165, 1.54) is 5.56 Å². The predicted molar refractivity (Wildman–Crippen MR) is 88.6 cm³/mol. The second-order valence-electron chi connectivity index (χ2n) is 6.34. The molecule has 2 aromatic carbocycles. The first-order valence-electron chi connectivity index (χ1n) is 7.46. The molecule has 0 aliphatic heterocycles. The first-order chi connectivity index (χ1) is 10.3. The Morgan fingerprint density at radius 1 is 1.09 bits per heavy atom. The number of rotatable bonds is 3. The van der Waals surface area contributed by atoms with E-state index < -0.39 is 6.16 Å². The van der Waals surface area contributed by atoms with Gasteiger partial charge in [0.1, 0.15) is 5.75 Å². The highest BCUT2D eigenvalue weighted by atomic mass is 16.7. The third-order valence-electron chi connectivity index (χ3n) is 3.73. The van der Waals surface area contributed by atoms with Gasteiger partial charge in [-0.2, -0.15) is 0 Å². The van der Waals surface area contributed by atoms with Crippen LogP contribution in [-0.4, -0.2) is 11.3 Å². The molecule has 0 saturated heterocycles. The van der Waals surface area contributed by atoms with E-state index in [1.807, 2.05) is 31.2 Å². The van der Waals surface area contributed by atoms with E-state index in [0.29, 0.717) is 5.75 Å². The molecule has 0 unspecified atom stereocenters. The lowest BCUT2D eigenvalue weighted by molar-refractivity contribution is 0.144. The van der Waals surface area contributed by atoms with Crippen LogP contribution >= 0.6 is 0 Å². The summed E-state index contributed by atoms with van der Waals surface area (Å²) in [5, 5.41) is 8.93. The van der Waals surface area contributed by atoms with Crippen molar-refractivity contribution in [3.05, 3.63) is 53.6 Å². The highest BCUT2D eigenvalue weighted by molar-refractivity contribution is 5.77. The number of hydrogen-bond acceptors (Lipinski definition) is 2. The van der Waals surface area contributed by atoms with Crippen LogP contribution in [0.4, 0.5) is 4.79 Å². The smallest absolute Gasteiger partial charge is 0.449 e. The molecule has 1 N–H and O–H groups in total. The Morgan fingerprint density at radius 2 is 1.73 bits per heavy atom. The second kappa shape index (κ2) is 6.22. The van der Waals surface area contributed by atoms with Crippen molar-refractivity contribution in [1.29, 1.82) is 0 Å². The van der Waals surface area contributed by atoms with Crippen LogP contribution < -0.4 is 4.74 Å². The van der Waals surface area contributed by atoms with Crippen molar-refractivity contribution in [2.75, 3.05) is 0 Å². The van der Waals surface area contributed by atoms with Crippen LogP contribution in [0, 0.1) is 0 Å². The molecule has 0 saturated carbocycles. The molecule has 0 aromatic heterocycles. The van der Waals surface area contributed by atoms with E-state index >= 15 is 0 Å². The number of carbonyl (C=O) groups is 1. The molecular formula is C19H22O3. The maximum absolute atomic E-state index is 10.9. The minimum Gasteiger partial charge on any atom is -0.449 e. The molecule has 0 bridgehead atoms. The van der Waals surface area contributed by atoms with Gasteiger partial charge >= 0.3 is 6.16 Å². The van der Waals surface area contributed by atoms with Gasteiger partial charge in [0.25, 0.3) is 0 Å². The van der Waals surface area contributed by atoms with Crippen molar-refractivity contribution in [2.45, 2.75) is 39.5 Å². The van der Waals surface area contributed by atoms with Crippen molar-refractivity contribution in [2.24, 2.45) is 0 Å². The maximum Gasteiger partial charge on any atom is 0.511 e. The van der Waals surface area contributed by atoms with Crippen LogP contribution in [0.5, 0.6) is 5.75 Å². The standard InChI is InChI=1S/C19H22O3/c1-5-13-7-6-8-16(22-18(20)21)17(13)14-9-11-15(12-10-14)19(2,3)4/h6-12H,5H2,1-4H3,(H,20,21). The summed E-state index contributed by atoms with van der Waals surface area (Å²) >= 11 is 0. The van der Waals surface area contributed by atoms with E-state index in [2.05, 4.69) is 32.9 Å². The Morgan fingerprint density at radius 3 is 2.23 bits per heavy atom.